The maximum Gasteiger partial charge on any atom is 0.244 e. The molecule has 3 nitrogen and oxygen atoms in total. The molecule has 0 aliphatic rings. The second kappa shape index (κ2) is 7.82. The van der Waals surface area contributed by atoms with Crippen LogP contribution in [0.4, 0.5) is 0 Å². The van der Waals surface area contributed by atoms with Crippen LogP contribution in [0.15, 0.2) is 54.6 Å². The van der Waals surface area contributed by atoms with Crippen molar-refractivity contribution in [1.29, 1.82) is 0 Å². The Hall–Kier alpha value is -2.55. The molecule has 0 aromatic heterocycles. The lowest BCUT2D eigenvalue weighted by molar-refractivity contribution is -0.116. The maximum atomic E-state index is 11.9. The Labute approximate surface area is 144 Å². The van der Waals surface area contributed by atoms with Crippen LogP contribution in [0.5, 0.6) is 5.75 Å². The van der Waals surface area contributed by atoms with Gasteiger partial charge < -0.3 is 10.1 Å². The number of carbonyl (C=O) groups is 1. The number of amides is 1. The number of methoxy groups -OCH3 is 1. The van der Waals surface area contributed by atoms with Crippen molar-refractivity contribution in [1.82, 2.24) is 5.32 Å². The summed E-state index contributed by atoms with van der Waals surface area (Å²) < 4.78 is 5.11. The summed E-state index contributed by atoms with van der Waals surface area (Å²) in [6, 6.07) is 15.9. The van der Waals surface area contributed by atoms with Gasteiger partial charge >= 0.3 is 0 Å². The fraction of sp³-hybridized carbons (Fsp3) is 0.286. The molecule has 0 aliphatic heterocycles. The van der Waals surface area contributed by atoms with E-state index >= 15 is 0 Å². The molecule has 1 amide bonds. The summed E-state index contributed by atoms with van der Waals surface area (Å²) in [5, 5.41) is 2.88. The van der Waals surface area contributed by atoms with Gasteiger partial charge in [0.2, 0.25) is 5.91 Å². The van der Waals surface area contributed by atoms with Gasteiger partial charge in [0, 0.05) is 12.6 Å². The van der Waals surface area contributed by atoms with Crippen molar-refractivity contribution in [2.24, 2.45) is 0 Å². The van der Waals surface area contributed by atoms with Crippen molar-refractivity contribution in [2.75, 3.05) is 7.11 Å². The van der Waals surface area contributed by atoms with Gasteiger partial charge in [-0.15, -0.1) is 0 Å². The highest BCUT2D eigenvalue weighted by molar-refractivity contribution is 5.91. The summed E-state index contributed by atoms with van der Waals surface area (Å²) in [6.45, 7) is 7.05. The van der Waals surface area contributed by atoms with Crippen LogP contribution in [0.25, 0.3) is 6.08 Å². The molecule has 0 atom stereocenters. The Morgan fingerprint density at radius 3 is 2.21 bits per heavy atom. The fourth-order valence-electron chi connectivity index (χ4n) is 2.26. The van der Waals surface area contributed by atoms with Crippen LogP contribution in [0.1, 0.15) is 37.5 Å². The second-order valence-corrected chi connectivity index (χ2v) is 6.77. The van der Waals surface area contributed by atoms with Crippen LogP contribution >= 0.6 is 0 Å². The van der Waals surface area contributed by atoms with E-state index in [1.54, 1.807) is 13.2 Å². The number of hydrogen-bond acceptors (Lipinski definition) is 2. The van der Waals surface area contributed by atoms with Crippen LogP contribution in [-0.4, -0.2) is 13.0 Å². The predicted molar refractivity (Wildman–Crippen MR) is 99.0 cm³/mol. The number of nitrogens with one attached hydrogen (secondary N) is 1. The highest BCUT2D eigenvalue weighted by atomic mass is 16.5. The van der Waals surface area contributed by atoms with Gasteiger partial charge in [-0.05, 0) is 40.3 Å². The van der Waals surface area contributed by atoms with E-state index < -0.39 is 0 Å². The summed E-state index contributed by atoms with van der Waals surface area (Å²) in [5.74, 6) is 0.703. The Morgan fingerprint density at radius 2 is 1.67 bits per heavy atom. The molecule has 0 saturated heterocycles. The quantitative estimate of drug-likeness (QED) is 0.832. The summed E-state index contributed by atoms with van der Waals surface area (Å²) in [7, 11) is 1.63. The average Bonchev–Trinajstić information content (AvgIpc) is 2.58. The third-order valence-electron chi connectivity index (χ3n) is 3.83. The molecule has 0 fully saturated rings. The molecule has 0 spiro atoms. The van der Waals surface area contributed by atoms with Gasteiger partial charge in [0.1, 0.15) is 5.75 Å². The molecule has 2 aromatic carbocycles. The Bertz CT molecular complexity index is 692. The SMILES string of the molecule is COc1ccc(CNC(=O)C=Cc2ccc(C(C)(C)C)cc2)cc1. The summed E-state index contributed by atoms with van der Waals surface area (Å²) in [5.41, 5.74) is 3.47. The van der Waals surface area contributed by atoms with E-state index in [9.17, 15) is 4.79 Å². The van der Waals surface area contributed by atoms with Crippen molar-refractivity contribution in [2.45, 2.75) is 32.7 Å². The van der Waals surface area contributed by atoms with Gasteiger partial charge in [-0.2, -0.15) is 0 Å². The lowest BCUT2D eigenvalue weighted by atomic mass is 9.87. The van der Waals surface area contributed by atoms with Gasteiger partial charge in [-0.3, -0.25) is 4.79 Å². The smallest absolute Gasteiger partial charge is 0.244 e. The van der Waals surface area contributed by atoms with E-state index in [4.69, 9.17) is 4.74 Å². The first-order valence-corrected chi connectivity index (χ1v) is 8.08. The Kier molecular flexibility index (Phi) is 5.80. The molecule has 3 heteroatoms. The van der Waals surface area contributed by atoms with Crippen molar-refractivity contribution in [3.05, 3.63) is 71.3 Å². The molecule has 0 radical (unpaired) electrons. The zero-order valence-corrected chi connectivity index (χ0v) is 14.8. The molecule has 0 saturated carbocycles. The van der Waals surface area contributed by atoms with E-state index in [0.717, 1.165) is 16.9 Å². The van der Waals surface area contributed by atoms with Crippen LogP contribution in [0.3, 0.4) is 0 Å². The summed E-state index contributed by atoms with van der Waals surface area (Å²) in [4.78, 5) is 11.9. The number of carbonyl (C=O) groups excluding carboxylic acids is 1. The van der Waals surface area contributed by atoms with Gasteiger partial charge in [0.15, 0.2) is 0 Å². The third-order valence-corrected chi connectivity index (χ3v) is 3.83. The molecular formula is C21H25NO2. The van der Waals surface area contributed by atoms with Crippen molar-refractivity contribution in [3.8, 4) is 5.75 Å². The van der Waals surface area contributed by atoms with E-state index in [-0.39, 0.29) is 11.3 Å². The molecular weight excluding hydrogens is 298 g/mol. The first-order chi connectivity index (χ1) is 11.4. The maximum absolute atomic E-state index is 11.9. The van der Waals surface area contributed by atoms with Crippen LogP contribution in [-0.2, 0) is 16.8 Å². The fourth-order valence-corrected chi connectivity index (χ4v) is 2.26. The molecule has 0 unspecified atom stereocenters. The molecule has 0 heterocycles. The molecule has 24 heavy (non-hydrogen) atoms. The zero-order chi connectivity index (χ0) is 17.6. The lowest BCUT2D eigenvalue weighted by Gasteiger charge is -2.18. The molecule has 0 bridgehead atoms. The first kappa shape index (κ1) is 17.8. The van der Waals surface area contributed by atoms with Crippen molar-refractivity contribution in [3.63, 3.8) is 0 Å². The molecule has 2 aromatic rings. The summed E-state index contributed by atoms with van der Waals surface area (Å²) >= 11 is 0. The molecule has 1 N–H and O–H groups in total. The monoisotopic (exact) mass is 323 g/mol. The minimum absolute atomic E-state index is 0.106. The molecule has 0 aliphatic carbocycles. The Morgan fingerprint density at radius 1 is 1.04 bits per heavy atom. The number of benzene rings is 2. The molecule has 126 valence electrons. The van der Waals surface area contributed by atoms with Crippen LogP contribution < -0.4 is 10.1 Å². The van der Waals surface area contributed by atoms with Crippen LogP contribution in [0.2, 0.25) is 0 Å². The third kappa shape index (κ3) is 5.27. The van der Waals surface area contributed by atoms with Gasteiger partial charge in [-0.1, -0.05) is 57.2 Å². The minimum Gasteiger partial charge on any atom is -0.497 e. The summed E-state index contributed by atoms with van der Waals surface area (Å²) in [6.07, 6.45) is 3.39. The first-order valence-electron chi connectivity index (χ1n) is 8.08. The van der Waals surface area contributed by atoms with Gasteiger partial charge in [0.25, 0.3) is 0 Å². The number of hydrogen-bond donors (Lipinski definition) is 1. The zero-order valence-electron chi connectivity index (χ0n) is 14.8. The average molecular weight is 323 g/mol. The standard InChI is InChI=1S/C21H25NO2/c1-21(2,3)18-10-5-16(6-11-18)9-14-20(23)22-15-17-7-12-19(24-4)13-8-17/h5-14H,15H2,1-4H3,(H,22,23). The van der Waals surface area contributed by atoms with Crippen molar-refractivity contribution >= 4 is 12.0 Å². The number of rotatable bonds is 5. The van der Waals surface area contributed by atoms with Crippen LogP contribution in [0, 0.1) is 0 Å². The van der Waals surface area contributed by atoms with E-state index in [2.05, 4.69) is 38.2 Å². The van der Waals surface area contributed by atoms with E-state index in [0.29, 0.717) is 6.54 Å². The van der Waals surface area contributed by atoms with Crippen molar-refractivity contribution < 1.29 is 9.53 Å². The number of ether oxygens (including phenoxy) is 1. The minimum atomic E-state index is -0.106. The lowest BCUT2D eigenvalue weighted by Crippen LogP contribution is -2.20. The highest BCUT2D eigenvalue weighted by Crippen LogP contribution is 2.22. The van der Waals surface area contributed by atoms with Gasteiger partial charge in [0.05, 0.1) is 7.11 Å². The largest absolute Gasteiger partial charge is 0.497 e. The molecule has 2 rings (SSSR count). The van der Waals surface area contributed by atoms with E-state index in [1.165, 1.54) is 5.56 Å². The predicted octanol–water partition coefficient (Wildman–Crippen LogP) is 4.32. The van der Waals surface area contributed by atoms with E-state index in [1.807, 2.05) is 42.5 Å². The normalized spacial score (nSPS) is 11.5. The topological polar surface area (TPSA) is 38.3 Å². The highest BCUT2D eigenvalue weighted by Gasteiger charge is 2.12. The Balaban J connectivity index is 1.88. The second-order valence-electron chi connectivity index (χ2n) is 6.77. The van der Waals surface area contributed by atoms with Gasteiger partial charge in [-0.25, -0.2) is 0 Å².